The van der Waals surface area contributed by atoms with E-state index in [9.17, 15) is 0 Å². The van der Waals surface area contributed by atoms with E-state index < -0.39 is 0 Å². The maximum atomic E-state index is 8.60. The molecular weight excluding hydrogens is 164 g/mol. The molecule has 0 aliphatic carbocycles. The van der Waals surface area contributed by atoms with Gasteiger partial charge in [0.15, 0.2) is 0 Å². The number of terminal acetylenes is 1. The molecule has 0 aromatic carbocycles. The quantitative estimate of drug-likeness (QED) is 0.631. The zero-order valence-electron chi connectivity index (χ0n) is 7.24. The molecule has 0 unspecified atom stereocenters. The van der Waals surface area contributed by atoms with E-state index in [4.69, 9.17) is 16.4 Å². The summed E-state index contributed by atoms with van der Waals surface area (Å²) in [6, 6.07) is 5.24. The molecule has 0 aliphatic heterocycles. The Hall–Kier alpha value is -2.00. The molecule has 0 fully saturated rings. The topological polar surface area (TPSA) is 45.9 Å². The number of nitriles is 1. The van der Waals surface area contributed by atoms with Crippen molar-refractivity contribution < 1.29 is 4.74 Å². The van der Waals surface area contributed by atoms with Crippen molar-refractivity contribution in [2.75, 3.05) is 6.61 Å². The summed E-state index contributed by atoms with van der Waals surface area (Å²) in [5.74, 6) is 2.93. The molecule has 3 heteroatoms. The minimum atomic E-state index is 0.203. The lowest BCUT2D eigenvalue weighted by atomic mass is 10.3. The Morgan fingerprint density at radius 3 is 3.00 bits per heavy atom. The van der Waals surface area contributed by atoms with E-state index in [0.29, 0.717) is 11.4 Å². The van der Waals surface area contributed by atoms with Gasteiger partial charge in [-0.15, -0.1) is 6.42 Å². The number of aromatic nitrogens is 1. The highest BCUT2D eigenvalue weighted by atomic mass is 16.5. The number of hydrogen-bond acceptors (Lipinski definition) is 3. The highest BCUT2D eigenvalue weighted by Gasteiger charge is 1.99. The third-order valence-corrected chi connectivity index (χ3v) is 1.36. The van der Waals surface area contributed by atoms with Crippen molar-refractivity contribution in [2.45, 2.75) is 6.92 Å². The van der Waals surface area contributed by atoms with Crippen molar-refractivity contribution in [1.82, 2.24) is 4.98 Å². The summed E-state index contributed by atoms with van der Waals surface area (Å²) in [5, 5.41) is 8.60. The second kappa shape index (κ2) is 4.13. The molecule has 0 saturated carbocycles. The number of rotatable bonds is 2. The molecule has 1 rings (SSSR count). The highest BCUT2D eigenvalue weighted by Crippen LogP contribution is 2.12. The zero-order valence-corrected chi connectivity index (χ0v) is 7.24. The molecule has 0 aliphatic rings. The van der Waals surface area contributed by atoms with Gasteiger partial charge in [0.2, 0.25) is 0 Å². The Bertz CT molecular complexity index is 385. The van der Waals surface area contributed by atoms with Crippen LogP contribution in [0.25, 0.3) is 0 Å². The van der Waals surface area contributed by atoms with Crippen LogP contribution in [0, 0.1) is 30.6 Å². The van der Waals surface area contributed by atoms with Crippen molar-refractivity contribution in [2.24, 2.45) is 0 Å². The fraction of sp³-hybridized carbons (Fsp3) is 0.200. The third-order valence-electron chi connectivity index (χ3n) is 1.36. The van der Waals surface area contributed by atoms with Gasteiger partial charge in [0.1, 0.15) is 24.1 Å². The fourth-order valence-electron chi connectivity index (χ4n) is 0.902. The number of pyridine rings is 1. The monoisotopic (exact) mass is 172 g/mol. The first-order valence-electron chi connectivity index (χ1n) is 3.71. The Morgan fingerprint density at radius 2 is 2.38 bits per heavy atom. The van der Waals surface area contributed by atoms with E-state index in [1.54, 1.807) is 19.1 Å². The predicted molar refractivity (Wildman–Crippen MR) is 48.0 cm³/mol. The van der Waals surface area contributed by atoms with Crippen LogP contribution in [0.4, 0.5) is 0 Å². The Morgan fingerprint density at radius 1 is 1.62 bits per heavy atom. The summed E-state index contributed by atoms with van der Waals surface area (Å²) in [4.78, 5) is 3.97. The fourth-order valence-corrected chi connectivity index (χ4v) is 0.902. The maximum absolute atomic E-state index is 8.60. The Kier molecular flexibility index (Phi) is 2.89. The molecule has 0 spiro atoms. The molecule has 1 aromatic rings. The lowest BCUT2D eigenvalue weighted by Crippen LogP contribution is -1.96. The highest BCUT2D eigenvalue weighted by molar-refractivity contribution is 5.32. The standard InChI is InChI=1S/C10H8N2O/c1-3-4-13-10-5-8(2)12-9(6-10)7-11/h1,5-6H,4H2,2H3. The average molecular weight is 172 g/mol. The molecule has 0 atom stereocenters. The Balaban J connectivity index is 2.91. The summed E-state index contributed by atoms with van der Waals surface area (Å²) >= 11 is 0. The van der Waals surface area contributed by atoms with Gasteiger partial charge in [0, 0.05) is 17.8 Å². The summed E-state index contributed by atoms with van der Waals surface area (Å²) in [7, 11) is 0. The average Bonchev–Trinajstić information content (AvgIpc) is 2.14. The molecule has 1 heterocycles. The molecule has 13 heavy (non-hydrogen) atoms. The lowest BCUT2D eigenvalue weighted by Gasteiger charge is -2.02. The van der Waals surface area contributed by atoms with Crippen LogP contribution in [-0.2, 0) is 0 Å². The van der Waals surface area contributed by atoms with Gasteiger partial charge in [-0.3, -0.25) is 0 Å². The van der Waals surface area contributed by atoms with Crippen LogP contribution in [0.5, 0.6) is 5.75 Å². The number of ether oxygens (including phenoxy) is 1. The van der Waals surface area contributed by atoms with Gasteiger partial charge in [-0.1, -0.05) is 5.92 Å². The van der Waals surface area contributed by atoms with Crippen molar-refractivity contribution in [3.63, 3.8) is 0 Å². The molecule has 0 bridgehead atoms. The van der Waals surface area contributed by atoms with E-state index in [-0.39, 0.29) is 6.61 Å². The number of hydrogen-bond donors (Lipinski definition) is 0. The van der Waals surface area contributed by atoms with Crippen LogP contribution in [0.15, 0.2) is 12.1 Å². The Labute approximate surface area is 77.0 Å². The second-order valence-corrected chi connectivity index (χ2v) is 2.43. The summed E-state index contributed by atoms with van der Waals surface area (Å²) in [5.41, 5.74) is 1.08. The van der Waals surface area contributed by atoms with Gasteiger partial charge < -0.3 is 4.74 Å². The molecule has 0 radical (unpaired) electrons. The SMILES string of the molecule is C#CCOc1cc(C)nc(C#N)c1. The van der Waals surface area contributed by atoms with E-state index in [2.05, 4.69) is 10.9 Å². The minimum Gasteiger partial charge on any atom is -0.481 e. The minimum absolute atomic E-state index is 0.203. The van der Waals surface area contributed by atoms with Crippen LogP contribution in [-0.4, -0.2) is 11.6 Å². The van der Waals surface area contributed by atoms with Crippen molar-refractivity contribution >= 4 is 0 Å². The van der Waals surface area contributed by atoms with Crippen molar-refractivity contribution in [3.8, 4) is 24.2 Å². The van der Waals surface area contributed by atoms with Crippen molar-refractivity contribution in [1.29, 1.82) is 5.26 Å². The normalized spacial score (nSPS) is 8.54. The predicted octanol–water partition coefficient (Wildman–Crippen LogP) is 1.27. The van der Waals surface area contributed by atoms with E-state index in [1.165, 1.54) is 0 Å². The first-order valence-corrected chi connectivity index (χ1v) is 3.71. The molecule has 0 N–H and O–H groups in total. The summed E-state index contributed by atoms with van der Waals surface area (Å²) < 4.78 is 5.15. The van der Waals surface area contributed by atoms with Gasteiger partial charge in [-0.05, 0) is 6.92 Å². The molecular formula is C10H8N2O. The van der Waals surface area contributed by atoms with Gasteiger partial charge in [0.25, 0.3) is 0 Å². The molecule has 1 aromatic heterocycles. The van der Waals surface area contributed by atoms with Crippen LogP contribution in [0.3, 0.4) is 0 Å². The summed E-state index contributed by atoms with van der Waals surface area (Å²) in [6.45, 7) is 2.00. The molecule has 0 saturated heterocycles. The van der Waals surface area contributed by atoms with E-state index in [1.807, 2.05) is 6.07 Å². The van der Waals surface area contributed by atoms with Crippen LogP contribution >= 0.6 is 0 Å². The molecule has 0 amide bonds. The van der Waals surface area contributed by atoms with Crippen LogP contribution < -0.4 is 4.74 Å². The van der Waals surface area contributed by atoms with Gasteiger partial charge in [0.05, 0.1) is 0 Å². The first kappa shape index (κ1) is 9.09. The number of aryl methyl sites for hydroxylation is 1. The third kappa shape index (κ3) is 2.50. The molecule has 64 valence electrons. The largest absolute Gasteiger partial charge is 0.481 e. The smallest absolute Gasteiger partial charge is 0.148 e. The van der Waals surface area contributed by atoms with E-state index in [0.717, 1.165) is 5.69 Å². The van der Waals surface area contributed by atoms with Gasteiger partial charge in [-0.25, -0.2) is 4.98 Å². The van der Waals surface area contributed by atoms with Gasteiger partial charge in [-0.2, -0.15) is 5.26 Å². The summed E-state index contributed by atoms with van der Waals surface area (Å²) in [6.07, 6.45) is 5.03. The zero-order chi connectivity index (χ0) is 9.68. The van der Waals surface area contributed by atoms with Crippen LogP contribution in [0.1, 0.15) is 11.4 Å². The number of nitrogens with zero attached hydrogens (tertiary/aromatic N) is 2. The maximum Gasteiger partial charge on any atom is 0.148 e. The van der Waals surface area contributed by atoms with Crippen LogP contribution in [0.2, 0.25) is 0 Å². The molecule has 3 nitrogen and oxygen atoms in total. The van der Waals surface area contributed by atoms with Crippen molar-refractivity contribution in [3.05, 3.63) is 23.5 Å². The van der Waals surface area contributed by atoms with Gasteiger partial charge >= 0.3 is 0 Å². The van der Waals surface area contributed by atoms with E-state index >= 15 is 0 Å². The lowest BCUT2D eigenvalue weighted by molar-refractivity contribution is 0.369. The second-order valence-electron chi connectivity index (χ2n) is 2.43. The first-order chi connectivity index (χ1) is 6.26.